The molecule has 0 aliphatic carbocycles. The Labute approximate surface area is 470 Å². The summed E-state index contributed by atoms with van der Waals surface area (Å²) in [5.74, 6) is -1.74. The van der Waals surface area contributed by atoms with Gasteiger partial charge in [0.05, 0.1) is 45.7 Å². The average Bonchev–Trinajstić information content (AvgIpc) is 3.65. The van der Waals surface area contributed by atoms with Gasteiger partial charge in [0.1, 0.15) is 165 Å². The molecule has 482 valence electrons. The van der Waals surface area contributed by atoms with Gasteiger partial charge in [-0.1, -0.05) is 0 Å². The van der Waals surface area contributed by atoms with Crippen molar-refractivity contribution in [2.75, 3.05) is 39.6 Å². The Hall–Kier alpha value is -2.38. The second-order valence-corrected chi connectivity index (χ2v) is 21.1. The minimum Gasteiger partial charge on any atom is -0.394 e. The third-order valence-corrected chi connectivity index (χ3v) is 15.3. The molecule has 7 saturated heterocycles. The molecule has 0 aromatic heterocycles. The van der Waals surface area contributed by atoms with Crippen LogP contribution in [0.1, 0.15) is 20.8 Å². The van der Waals surface area contributed by atoms with E-state index in [1.54, 1.807) is 0 Å². The highest BCUT2D eigenvalue weighted by atomic mass is 16.8. The van der Waals surface area contributed by atoms with Gasteiger partial charge in [0.25, 0.3) is 0 Å². The van der Waals surface area contributed by atoms with Crippen LogP contribution < -0.4 is 10.6 Å². The maximum Gasteiger partial charge on any atom is 0.217 e. The zero-order valence-electron chi connectivity index (χ0n) is 44.5. The number of ether oxygens (including phenoxy) is 13. The van der Waals surface area contributed by atoms with Crippen molar-refractivity contribution >= 4 is 11.8 Å². The lowest BCUT2D eigenvalue weighted by Crippen LogP contribution is -2.70. The Bertz CT molecular complexity index is 2040. The normalized spacial score (nSPS) is 50.8. The molecule has 22 N–H and O–H groups in total. The first-order chi connectivity index (χ1) is 39.2. The van der Waals surface area contributed by atoms with Crippen LogP contribution >= 0.6 is 0 Å². The van der Waals surface area contributed by atoms with Gasteiger partial charge in [-0.25, -0.2) is 0 Å². The number of hydrogen-bond donors (Lipinski definition) is 22. The number of hydrogen-bond acceptors (Lipinski definition) is 35. The summed E-state index contributed by atoms with van der Waals surface area (Å²) in [7, 11) is 0. The molecule has 7 rings (SSSR count). The first-order valence-electron chi connectivity index (χ1n) is 26.5. The lowest BCUT2D eigenvalue weighted by atomic mass is 9.94. The topological polar surface area (TPSA) is 583 Å². The van der Waals surface area contributed by atoms with Crippen molar-refractivity contribution in [1.82, 2.24) is 10.6 Å². The summed E-state index contributed by atoms with van der Waals surface area (Å²) in [6, 6.07) is -3.59. The van der Waals surface area contributed by atoms with E-state index < -0.39 is 266 Å². The number of nitrogens with one attached hydrogen (secondary N) is 2. The van der Waals surface area contributed by atoms with Crippen LogP contribution in [0.5, 0.6) is 0 Å². The molecular weight excluding hydrogens is 1140 g/mol. The summed E-state index contributed by atoms with van der Waals surface area (Å²) in [5, 5.41) is 220. The monoisotopic (exact) mass is 1220 g/mol. The fourth-order valence-corrected chi connectivity index (χ4v) is 10.6. The Balaban J connectivity index is 1.15. The highest BCUT2D eigenvalue weighted by Crippen LogP contribution is 2.37. The Morgan fingerprint density at radius 2 is 0.711 bits per heavy atom. The van der Waals surface area contributed by atoms with Crippen molar-refractivity contribution in [2.45, 2.75) is 236 Å². The van der Waals surface area contributed by atoms with Crippen LogP contribution in [0.2, 0.25) is 0 Å². The van der Waals surface area contributed by atoms with Crippen LogP contribution in [-0.2, 0) is 71.2 Å². The van der Waals surface area contributed by atoms with Gasteiger partial charge in [-0.05, 0) is 6.92 Å². The van der Waals surface area contributed by atoms with Gasteiger partial charge >= 0.3 is 0 Å². The molecule has 7 heterocycles. The molecule has 37 nitrogen and oxygen atoms in total. The number of aliphatic hydroxyl groups excluding tert-OH is 20. The van der Waals surface area contributed by atoms with Crippen molar-refractivity contribution in [1.29, 1.82) is 0 Å². The van der Waals surface area contributed by atoms with Crippen LogP contribution in [0, 0.1) is 0 Å². The quantitative estimate of drug-likeness (QED) is 0.0538. The SMILES string of the molecule is CC(=O)N[C@H]1[C@H](O[C@H]2[C@@H](O)[C@@H](CO[C@@H]3O[C@H](CO)[C@@H](O[C@@H]4O[C@H](CO)[C@H](O)[C@H](O)[C@H]4O[C@@H]4O[C@@H](C)[C@@H](O)[C@@H](O)[C@@H]4O)[C@H](O)[C@H]3NC(C)=O)O[C@@H](O[C@H]3[C@H](O)[C@@H](O)[C@@H](O)O[C@@H]3CO)[C@@H]2O)O[C@H](CO)[C@@H](O[C@@H]2O[C@H](CO)[C@H](O)[C@H](O)[C@H]2O)[C@@H]1O. The number of carbonyl (C=O) groups is 2. The van der Waals surface area contributed by atoms with Crippen LogP contribution in [-0.4, -0.2) is 368 Å². The molecular formula is C46H78N2O35. The van der Waals surface area contributed by atoms with E-state index in [1.807, 2.05) is 0 Å². The molecule has 37 heteroatoms. The molecule has 7 fully saturated rings. The fourth-order valence-electron chi connectivity index (χ4n) is 10.6. The molecule has 35 atom stereocenters. The maximum atomic E-state index is 12.8. The lowest BCUT2D eigenvalue weighted by Gasteiger charge is -2.50. The van der Waals surface area contributed by atoms with E-state index in [0.29, 0.717) is 0 Å². The van der Waals surface area contributed by atoms with Gasteiger partial charge in [0, 0.05) is 13.8 Å². The molecule has 0 spiro atoms. The summed E-state index contributed by atoms with van der Waals surface area (Å²) in [4.78, 5) is 25.4. The highest BCUT2D eigenvalue weighted by Gasteiger charge is 2.58. The predicted octanol–water partition coefficient (Wildman–Crippen LogP) is -15.0. The molecule has 7 aliphatic rings. The van der Waals surface area contributed by atoms with Crippen molar-refractivity contribution in [3.8, 4) is 0 Å². The van der Waals surface area contributed by atoms with E-state index in [2.05, 4.69) is 10.6 Å². The predicted molar refractivity (Wildman–Crippen MR) is 254 cm³/mol. The zero-order valence-corrected chi connectivity index (χ0v) is 44.5. The van der Waals surface area contributed by atoms with Crippen LogP contribution in [0.4, 0.5) is 0 Å². The molecule has 0 aromatic rings. The molecule has 0 bridgehead atoms. The molecule has 2 amide bonds. The average molecular weight is 1220 g/mol. The van der Waals surface area contributed by atoms with Crippen LogP contribution in [0.3, 0.4) is 0 Å². The van der Waals surface area contributed by atoms with Gasteiger partial charge in [0.15, 0.2) is 44.0 Å². The zero-order chi connectivity index (χ0) is 61.2. The standard InChI is InChI=1S/C46H78N2O35/c1-10-21(56)27(62)32(67)43(72-10)83-39-29(64)23(58)14(5-50)75-46(39)81-36-16(7-52)76-41(19(25(36)60)47-11(2)54)71-9-18-24(59)38(34(69)45(78-18)80-37-15(6-51)73-40(70)31(66)30(37)65)82-42-20(48-12(3)55)26(61)35(17(8-53)77-42)79-44-33(68)28(63)22(57)13(4-49)74-44/h10,13-46,49-53,56-70H,4-9H2,1-3H3,(H,47,54)(H,48,55)/t10-,13+,14+,15+,16+,17+,18+,19+,20+,21+,22-,23-,24-,25+,26+,27+,28-,29-,30+,31+,32-,33+,34+,35+,36+,37+,38-,39+,40-,41+,42-,43-,44-,45-,46-/m0/s1. The number of carbonyl (C=O) groups excluding carboxylic acids is 2. The molecule has 0 radical (unpaired) electrons. The van der Waals surface area contributed by atoms with E-state index in [9.17, 15) is 112 Å². The molecule has 83 heavy (non-hydrogen) atoms. The minimum atomic E-state index is -2.30. The van der Waals surface area contributed by atoms with Crippen molar-refractivity contribution < 1.29 is 173 Å². The van der Waals surface area contributed by atoms with E-state index in [4.69, 9.17) is 61.6 Å². The highest BCUT2D eigenvalue weighted by molar-refractivity contribution is 5.73. The summed E-state index contributed by atoms with van der Waals surface area (Å²) in [6.45, 7) is -2.63. The Morgan fingerprint density at radius 1 is 0.337 bits per heavy atom. The lowest BCUT2D eigenvalue weighted by molar-refractivity contribution is -0.388. The maximum absolute atomic E-state index is 12.8. The number of rotatable bonds is 20. The largest absolute Gasteiger partial charge is 0.394 e. The van der Waals surface area contributed by atoms with Crippen molar-refractivity contribution in [2.24, 2.45) is 0 Å². The smallest absolute Gasteiger partial charge is 0.217 e. The third-order valence-electron chi connectivity index (χ3n) is 15.3. The molecule has 0 aromatic carbocycles. The number of aliphatic hydroxyl groups is 20. The molecule has 0 unspecified atom stereocenters. The molecule has 0 saturated carbocycles. The third kappa shape index (κ3) is 14.7. The number of amides is 2. The Kier molecular flexibility index (Phi) is 24.0. The van der Waals surface area contributed by atoms with Crippen molar-refractivity contribution in [3.05, 3.63) is 0 Å². The van der Waals surface area contributed by atoms with Crippen LogP contribution in [0.25, 0.3) is 0 Å². The van der Waals surface area contributed by atoms with E-state index in [1.165, 1.54) is 6.92 Å². The summed E-state index contributed by atoms with van der Waals surface area (Å²) >= 11 is 0. The van der Waals surface area contributed by atoms with Gasteiger partial charge in [-0.2, -0.15) is 0 Å². The van der Waals surface area contributed by atoms with Crippen molar-refractivity contribution in [3.63, 3.8) is 0 Å². The first kappa shape index (κ1) is 68.1. The molecule has 7 aliphatic heterocycles. The van der Waals surface area contributed by atoms with Gasteiger partial charge in [-0.3, -0.25) is 9.59 Å². The second kappa shape index (κ2) is 29.3. The van der Waals surface area contributed by atoms with Gasteiger partial charge < -0.3 is 174 Å². The Morgan fingerprint density at radius 3 is 1.24 bits per heavy atom. The second-order valence-electron chi connectivity index (χ2n) is 21.1. The van der Waals surface area contributed by atoms with Crippen LogP contribution in [0.15, 0.2) is 0 Å². The summed E-state index contributed by atoms with van der Waals surface area (Å²) < 4.78 is 75.0. The fraction of sp³-hybridized carbons (Fsp3) is 0.957. The van der Waals surface area contributed by atoms with E-state index >= 15 is 0 Å². The first-order valence-corrected chi connectivity index (χ1v) is 26.5. The summed E-state index contributed by atoms with van der Waals surface area (Å²) in [6.07, 6.45) is -63.0. The minimum absolute atomic E-state index is 0.858. The van der Waals surface area contributed by atoms with Gasteiger partial charge in [-0.15, -0.1) is 0 Å². The summed E-state index contributed by atoms with van der Waals surface area (Å²) in [5.41, 5.74) is 0. The van der Waals surface area contributed by atoms with Gasteiger partial charge in [0.2, 0.25) is 11.8 Å². The van der Waals surface area contributed by atoms with E-state index in [0.717, 1.165) is 13.8 Å². The van der Waals surface area contributed by atoms with E-state index in [-0.39, 0.29) is 0 Å².